The van der Waals surface area contributed by atoms with Gasteiger partial charge in [-0.15, -0.1) is 11.3 Å². The van der Waals surface area contributed by atoms with Gasteiger partial charge in [-0.2, -0.15) is 0 Å². The third kappa shape index (κ3) is 3.05. The summed E-state index contributed by atoms with van der Waals surface area (Å²) in [6.45, 7) is 2.09. The molecule has 1 aliphatic rings. The first-order valence-electron chi connectivity index (χ1n) is 5.51. The van der Waals surface area contributed by atoms with Gasteiger partial charge in [-0.1, -0.05) is 0 Å². The molecule has 1 aromatic rings. The molecule has 2 rings (SSSR count). The van der Waals surface area contributed by atoms with E-state index in [9.17, 15) is 8.42 Å². The number of nitrogens with two attached hydrogens (primary N) is 1. The Morgan fingerprint density at radius 3 is 2.88 bits per heavy atom. The highest BCUT2D eigenvalue weighted by Gasteiger charge is 2.26. The summed E-state index contributed by atoms with van der Waals surface area (Å²) in [4.78, 5) is 3.00. The Labute approximate surface area is 106 Å². The second-order valence-electron chi connectivity index (χ2n) is 4.29. The number of hydrogen-bond acceptors (Lipinski definition) is 5. The predicted molar refractivity (Wildman–Crippen MR) is 68.4 cm³/mol. The topological polar surface area (TPSA) is 75.4 Å². The first kappa shape index (κ1) is 13.0. The summed E-state index contributed by atoms with van der Waals surface area (Å²) in [6, 6.07) is 3.40. The van der Waals surface area contributed by atoms with E-state index in [1.165, 1.54) is 11.3 Å². The van der Waals surface area contributed by atoms with Crippen LogP contribution in [-0.4, -0.2) is 39.5 Å². The van der Waals surface area contributed by atoms with Crippen molar-refractivity contribution in [3.63, 3.8) is 0 Å². The van der Waals surface area contributed by atoms with Gasteiger partial charge in [0.1, 0.15) is 4.21 Å². The number of likely N-dealkylation sites (N-methyl/N-ethyl adjacent to an activating group) is 1. The van der Waals surface area contributed by atoms with Gasteiger partial charge in [0.2, 0.25) is 10.0 Å². The Balaban J connectivity index is 2.08. The maximum atomic E-state index is 12.1. The minimum atomic E-state index is -3.37. The number of sulfonamides is 1. The largest absolute Gasteiger partial charge is 0.326 e. The van der Waals surface area contributed by atoms with E-state index in [0.717, 1.165) is 24.4 Å². The maximum Gasteiger partial charge on any atom is 0.250 e. The highest BCUT2D eigenvalue weighted by molar-refractivity contribution is 7.91. The van der Waals surface area contributed by atoms with Crippen molar-refractivity contribution in [1.29, 1.82) is 0 Å². The molecule has 5 nitrogen and oxygen atoms in total. The molecule has 0 radical (unpaired) electrons. The Bertz CT molecular complexity index is 483. The summed E-state index contributed by atoms with van der Waals surface area (Å²) >= 11 is 1.23. The highest BCUT2D eigenvalue weighted by Crippen LogP contribution is 2.22. The van der Waals surface area contributed by atoms with Gasteiger partial charge in [0.05, 0.1) is 0 Å². The molecule has 1 aromatic heterocycles. The van der Waals surface area contributed by atoms with E-state index in [-0.39, 0.29) is 6.04 Å². The molecule has 1 fully saturated rings. The second kappa shape index (κ2) is 5.03. The number of hydrogen-bond donors (Lipinski definition) is 2. The quantitative estimate of drug-likeness (QED) is 0.822. The smallest absolute Gasteiger partial charge is 0.250 e. The lowest BCUT2D eigenvalue weighted by atomic mass is 10.3. The summed E-state index contributed by atoms with van der Waals surface area (Å²) in [7, 11) is -1.38. The first-order valence-corrected chi connectivity index (χ1v) is 7.81. The lowest BCUT2D eigenvalue weighted by molar-refractivity contribution is 0.407. The van der Waals surface area contributed by atoms with Gasteiger partial charge >= 0.3 is 0 Å². The third-order valence-corrected chi connectivity index (χ3v) is 5.94. The predicted octanol–water partition coefficient (Wildman–Crippen LogP) is 0.189. The second-order valence-corrected chi connectivity index (χ2v) is 7.40. The molecule has 7 heteroatoms. The summed E-state index contributed by atoms with van der Waals surface area (Å²) in [6.07, 6.45) is 0.866. The van der Waals surface area contributed by atoms with Crippen molar-refractivity contribution in [2.75, 3.05) is 20.1 Å². The van der Waals surface area contributed by atoms with Crippen LogP contribution in [0.5, 0.6) is 0 Å². The Kier molecular flexibility index (Phi) is 3.84. The van der Waals surface area contributed by atoms with Gasteiger partial charge in [0.15, 0.2) is 0 Å². The zero-order valence-electron chi connectivity index (χ0n) is 9.72. The minimum absolute atomic E-state index is 0.0217. The van der Waals surface area contributed by atoms with Crippen LogP contribution in [0.3, 0.4) is 0 Å². The van der Waals surface area contributed by atoms with E-state index in [1.807, 2.05) is 7.05 Å². The van der Waals surface area contributed by atoms with Crippen LogP contribution in [-0.2, 0) is 16.6 Å². The summed E-state index contributed by atoms with van der Waals surface area (Å²) < 4.78 is 27.2. The Hall–Kier alpha value is -0.470. The lowest BCUT2D eigenvalue weighted by Gasteiger charge is -2.12. The van der Waals surface area contributed by atoms with Crippen LogP contribution in [0, 0.1) is 0 Å². The highest BCUT2D eigenvalue weighted by atomic mass is 32.2. The molecule has 2 heterocycles. The Morgan fingerprint density at radius 1 is 1.59 bits per heavy atom. The van der Waals surface area contributed by atoms with Gasteiger partial charge in [-0.3, -0.25) is 0 Å². The molecule has 0 aliphatic carbocycles. The van der Waals surface area contributed by atoms with Crippen molar-refractivity contribution in [1.82, 2.24) is 9.62 Å². The number of thiophene rings is 1. The molecular formula is C10H17N3O2S2. The van der Waals surface area contributed by atoms with Crippen LogP contribution >= 0.6 is 11.3 Å². The zero-order valence-corrected chi connectivity index (χ0v) is 11.4. The molecule has 1 aliphatic heterocycles. The van der Waals surface area contributed by atoms with Crippen LogP contribution in [0.25, 0.3) is 0 Å². The van der Waals surface area contributed by atoms with Crippen molar-refractivity contribution in [3.05, 3.63) is 17.0 Å². The van der Waals surface area contributed by atoms with Crippen LogP contribution in [0.2, 0.25) is 0 Å². The average molecular weight is 275 g/mol. The SMILES string of the molecule is CN1CCC(NS(=O)(=O)c2ccc(CN)s2)C1. The maximum absolute atomic E-state index is 12.1. The van der Waals surface area contributed by atoms with E-state index in [4.69, 9.17) is 5.73 Å². The van der Waals surface area contributed by atoms with Crippen LogP contribution in [0.4, 0.5) is 0 Å². The standard InChI is InChI=1S/C10H17N3O2S2/c1-13-5-4-8(7-13)12-17(14,15)10-3-2-9(6-11)16-10/h2-3,8,12H,4-7,11H2,1H3. The molecule has 0 aromatic carbocycles. The molecule has 96 valence electrons. The molecule has 0 bridgehead atoms. The number of nitrogens with zero attached hydrogens (tertiary/aromatic N) is 1. The van der Waals surface area contributed by atoms with Crippen molar-refractivity contribution in [3.8, 4) is 0 Å². The number of rotatable bonds is 4. The van der Waals surface area contributed by atoms with Gasteiger partial charge in [0.25, 0.3) is 0 Å². The van der Waals surface area contributed by atoms with Crippen molar-refractivity contribution in [2.45, 2.75) is 23.2 Å². The van der Waals surface area contributed by atoms with Crippen molar-refractivity contribution >= 4 is 21.4 Å². The minimum Gasteiger partial charge on any atom is -0.326 e. The molecule has 0 amide bonds. The van der Waals surface area contributed by atoms with Gasteiger partial charge in [0, 0.05) is 24.0 Å². The summed E-state index contributed by atoms with van der Waals surface area (Å²) in [5, 5.41) is 0. The van der Waals surface area contributed by atoms with Crippen LogP contribution in [0.1, 0.15) is 11.3 Å². The van der Waals surface area contributed by atoms with E-state index >= 15 is 0 Å². The Morgan fingerprint density at radius 2 is 2.35 bits per heavy atom. The molecule has 1 saturated heterocycles. The van der Waals surface area contributed by atoms with Crippen molar-refractivity contribution in [2.24, 2.45) is 5.73 Å². The van der Waals surface area contributed by atoms with Crippen LogP contribution < -0.4 is 10.5 Å². The zero-order chi connectivity index (χ0) is 12.5. The fourth-order valence-electron chi connectivity index (χ4n) is 1.92. The van der Waals surface area contributed by atoms with Crippen LogP contribution in [0.15, 0.2) is 16.3 Å². The van der Waals surface area contributed by atoms with Gasteiger partial charge < -0.3 is 10.6 Å². The van der Waals surface area contributed by atoms with E-state index in [2.05, 4.69) is 9.62 Å². The molecule has 0 saturated carbocycles. The summed E-state index contributed by atoms with van der Waals surface area (Å²) in [5.74, 6) is 0. The average Bonchev–Trinajstić information content (AvgIpc) is 2.86. The number of nitrogens with one attached hydrogen (secondary N) is 1. The fraction of sp³-hybridized carbons (Fsp3) is 0.600. The summed E-state index contributed by atoms with van der Waals surface area (Å²) in [5.41, 5.74) is 5.48. The van der Waals surface area contributed by atoms with E-state index < -0.39 is 10.0 Å². The molecule has 1 unspecified atom stereocenters. The molecule has 3 N–H and O–H groups in total. The van der Waals surface area contributed by atoms with Gasteiger partial charge in [-0.05, 0) is 32.1 Å². The first-order chi connectivity index (χ1) is 8.01. The van der Waals surface area contributed by atoms with Crippen molar-refractivity contribution < 1.29 is 8.42 Å². The molecular weight excluding hydrogens is 258 g/mol. The fourth-order valence-corrected chi connectivity index (χ4v) is 4.43. The molecule has 17 heavy (non-hydrogen) atoms. The van der Waals surface area contributed by atoms with Gasteiger partial charge in [-0.25, -0.2) is 13.1 Å². The monoisotopic (exact) mass is 275 g/mol. The molecule has 1 atom stereocenters. The lowest BCUT2D eigenvalue weighted by Crippen LogP contribution is -2.36. The van der Waals surface area contributed by atoms with E-state index in [1.54, 1.807) is 12.1 Å². The third-order valence-electron chi connectivity index (χ3n) is 2.82. The van der Waals surface area contributed by atoms with E-state index in [0.29, 0.717) is 10.8 Å². The molecule has 0 spiro atoms. The normalized spacial score (nSPS) is 22.1. The number of likely N-dealkylation sites (tertiary alicyclic amines) is 1.